The van der Waals surface area contributed by atoms with Crippen LogP contribution >= 0.6 is 11.6 Å². The highest BCUT2D eigenvalue weighted by Crippen LogP contribution is 2.26. The van der Waals surface area contributed by atoms with Gasteiger partial charge in [0.25, 0.3) is 0 Å². The molecule has 1 saturated heterocycles. The van der Waals surface area contributed by atoms with E-state index in [1.165, 1.54) is 25.9 Å². The molecule has 4 nitrogen and oxygen atoms in total. The van der Waals surface area contributed by atoms with Crippen LogP contribution in [-0.2, 0) is 11.3 Å². The van der Waals surface area contributed by atoms with Gasteiger partial charge in [-0.1, -0.05) is 54.1 Å². The first-order valence-electron chi connectivity index (χ1n) is 9.66. The van der Waals surface area contributed by atoms with Gasteiger partial charge in [0.2, 0.25) is 0 Å². The first kappa shape index (κ1) is 19.7. The molecule has 0 spiro atoms. The number of hydrogen-bond donors (Lipinski definition) is 1. The largest absolute Gasteiger partial charge is 0.445 e. The minimum atomic E-state index is -0.305. The zero-order valence-electron chi connectivity index (χ0n) is 15.9. The predicted molar refractivity (Wildman–Crippen MR) is 108 cm³/mol. The maximum atomic E-state index is 12.7. The van der Waals surface area contributed by atoms with Crippen molar-refractivity contribution in [1.82, 2.24) is 4.90 Å². The third-order valence-electron chi connectivity index (χ3n) is 5.28. The zero-order valence-corrected chi connectivity index (χ0v) is 16.6. The number of carbonyl (C=O) groups excluding carboxylic acids is 1. The van der Waals surface area contributed by atoms with Gasteiger partial charge in [-0.2, -0.15) is 0 Å². The van der Waals surface area contributed by atoms with Crippen LogP contribution in [-0.4, -0.2) is 37.7 Å². The summed E-state index contributed by atoms with van der Waals surface area (Å²) >= 11 is 6.20. The van der Waals surface area contributed by atoms with Crippen LogP contribution < -0.4 is 4.90 Å². The van der Waals surface area contributed by atoms with Gasteiger partial charge in [-0.3, -0.25) is 0 Å². The van der Waals surface area contributed by atoms with Crippen molar-refractivity contribution in [2.75, 3.05) is 26.7 Å². The number of quaternary nitrogens is 1. The molecule has 0 saturated carbocycles. The standard InChI is InChI=1S/C22H27ClN2O2/c1-24(22(26)27-17-18-8-3-2-4-9-18)21(12-15-25-13-5-6-14-25)19-10-7-11-20(23)16-19/h2-4,7-11,16,21H,5-6,12-15,17H2,1H3/p+1/t21-/m1/s1. The van der Waals surface area contributed by atoms with Gasteiger partial charge in [-0.15, -0.1) is 0 Å². The Morgan fingerprint density at radius 3 is 2.59 bits per heavy atom. The lowest BCUT2D eigenvalue weighted by atomic mass is 10.0. The highest BCUT2D eigenvalue weighted by Gasteiger charge is 2.26. The first-order chi connectivity index (χ1) is 13.1. The van der Waals surface area contributed by atoms with E-state index < -0.39 is 0 Å². The van der Waals surface area contributed by atoms with E-state index >= 15 is 0 Å². The monoisotopic (exact) mass is 387 g/mol. The number of benzene rings is 2. The van der Waals surface area contributed by atoms with Crippen molar-refractivity contribution < 1.29 is 14.4 Å². The summed E-state index contributed by atoms with van der Waals surface area (Å²) in [5.74, 6) is 0. The molecule has 0 bridgehead atoms. The second kappa shape index (κ2) is 9.77. The van der Waals surface area contributed by atoms with Gasteiger partial charge in [0.1, 0.15) is 6.61 Å². The number of amides is 1. The van der Waals surface area contributed by atoms with E-state index in [4.69, 9.17) is 16.3 Å². The molecule has 1 fully saturated rings. The number of carbonyl (C=O) groups is 1. The van der Waals surface area contributed by atoms with E-state index in [1.54, 1.807) is 9.80 Å². The molecule has 1 aliphatic heterocycles. The van der Waals surface area contributed by atoms with E-state index in [0.717, 1.165) is 24.1 Å². The van der Waals surface area contributed by atoms with E-state index in [9.17, 15) is 4.79 Å². The number of hydrogen-bond acceptors (Lipinski definition) is 2. The second-order valence-corrected chi connectivity index (χ2v) is 7.65. The van der Waals surface area contributed by atoms with Crippen LogP contribution in [0.1, 0.15) is 36.4 Å². The Kier molecular flexibility index (Phi) is 7.13. The third-order valence-corrected chi connectivity index (χ3v) is 5.51. The fourth-order valence-corrected chi connectivity index (χ4v) is 3.91. The summed E-state index contributed by atoms with van der Waals surface area (Å²) in [6, 6.07) is 17.5. The van der Waals surface area contributed by atoms with Crippen molar-refractivity contribution in [2.24, 2.45) is 0 Å². The smallest absolute Gasteiger partial charge is 0.410 e. The minimum absolute atomic E-state index is 0.0416. The maximum Gasteiger partial charge on any atom is 0.410 e. The molecule has 2 aromatic carbocycles. The predicted octanol–water partition coefficient (Wildman–Crippen LogP) is 3.72. The van der Waals surface area contributed by atoms with Crippen LogP contribution in [0.15, 0.2) is 54.6 Å². The summed E-state index contributed by atoms with van der Waals surface area (Å²) in [7, 11) is 1.82. The van der Waals surface area contributed by atoms with Crippen molar-refractivity contribution in [1.29, 1.82) is 0 Å². The van der Waals surface area contributed by atoms with E-state index in [0.29, 0.717) is 5.02 Å². The topological polar surface area (TPSA) is 34.0 Å². The van der Waals surface area contributed by atoms with Crippen LogP contribution in [0.2, 0.25) is 5.02 Å². The van der Waals surface area contributed by atoms with Crippen LogP contribution in [0.5, 0.6) is 0 Å². The lowest BCUT2D eigenvalue weighted by Gasteiger charge is -2.29. The lowest BCUT2D eigenvalue weighted by molar-refractivity contribution is -0.887. The summed E-state index contributed by atoms with van der Waals surface area (Å²) in [4.78, 5) is 16.0. The fourth-order valence-electron chi connectivity index (χ4n) is 3.71. The Hall–Kier alpha value is -2.04. The molecule has 27 heavy (non-hydrogen) atoms. The molecule has 0 aromatic heterocycles. The molecular weight excluding hydrogens is 360 g/mol. The van der Waals surface area contributed by atoms with Gasteiger partial charge in [0.15, 0.2) is 0 Å². The highest BCUT2D eigenvalue weighted by molar-refractivity contribution is 6.30. The molecule has 144 valence electrons. The molecule has 1 amide bonds. The van der Waals surface area contributed by atoms with E-state index in [1.807, 2.05) is 61.6 Å². The van der Waals surface area contributed by atoms with Crippen molar-refractivity contribution in [3.05, 3.63) is 70.7 Å². The Balaban J connectivity index is 1.66. The number of likely N-dealkylation sites (tertiary alicyclic amines) is 1. The van der Waals surface area contributed by atoms with Crippen molar-refractivity contribution in [2.45, 2.75) is 31.9 Å². The molecule has 0 aliphatic carbocycles. The van der Waals surface area contributed by atoms with E-state index in [2.05, 4.69) is 0 Å². The molecule has 1 heterocycles. The van der Waals surface area contributed by atoms with Gasteiger partial charge in [-0.25, -0.2) is 4.79 Å². The second-order valence-electron chi connectivity index (χ2n) is 7.22. The van der Waals surface area contributed by atoms with Crippen molar-refractivity contribution >= 4 is 17.7 Å². The molecule has 0 radical (unpaired) electrons. The van der Waals surface area contributed by atoms with E-state index in [-0.39, 0.29) is 18.7 Å². The summed E-state index contributed by atoms with van der Waals surface area (Å²) in [5, 5.41) is 0.692. The third kappa shape index (κ3) is 5.72. The Bertz CT molecular complexity index is 732. The Labute approximate surface area is 166 Å². The Morgan fingerprint density at radius 1 is 1.15 bits per heavy atom. The lowest BCUT2D eigenvalue weighted by Crippen LogP contribution is -3.10. The summed E-state index contributed by atoms with van der Waals surface area (Å²) in [5.41, 5.74) is 2.04. The maximum absolute atomic E-state index is 12.7. The minimum Gasteiger partial charge on any atom is -0.445 e. The molecule has 1 atom stereocenters. The molecule has 3 rings (SSSR count). The van der Waals surface area contributed by atoms with Crippen LogP contribution in [0.25, 0.3) is 0 Å². The average Bonchev–Trinajstić information content (AvgIpc) is 3.20. The summed E-state index contributed by atoms with van der Waals surface area (Å²) in [6.07, 6.45) is 3.19. The fraction of sp³-hybridized carbons (Fsp3) is 0.409. The molecule has 1 N–H and O–H groups in total. The van der Waals surface area contributed by atoms with Crippen LogP contribution in [0.4, 0.5) is 4.79 Å². The Morgan fingerprint density at radius 2 is 1.89 bits per heavy atom. The van der Waals surface area contributed by atoms with Gasteiger partial charge in [0, 0.05) is 31.3 Å². The molecule has 1 aliphatic rings. The number of rotatable bonds is 7. The quantitative estimate of drug-likeness (QED) is 0.785. The summed E-state index contributed by atoms with van der Waals surface area (Å²) in [6.45, 7) is 3.78. The van der Waals surface area contributed by atoms with Gasteiger partial charge in [-0.05, 0) is 23.3 Å². The number of nitrogens with one attached hydrogen (secondary N) is 1. The van der Waals surface area contributed by atoms with Crippen molar-refractivity contribution in [3.8, 4) is 0 Å². The number of halogens is 1. The average molecular weight is 388 g/mol. The molecular formula is C22H28ClN2O2+. The van der Waals surface area contributed by atoms with Crippen molar-refractivity contribution in [3.63, 3.8) is 0 Å². The number of ether oxygens (including phenoxy) is 1. The van der Waals surface area contributed by atoms with Gasteiger partial charge < -0.3 is 14.5 Å². The SMILES string of the molecule is CN(C(=O)OCc1ccccc1)[C@H](CC[NH+]1CCCC1)c1cccc(Cl)c1. The van der Waals surface area contributed by atoms with Gasteiger partial charge >= 0.3 is 6.09 Å². The number of nitrogens with zero attached hydrogens (tertiary/aromatic N) is 1. The summed E-state index contributed by atoms with van der Waals surface area (Å²) < 4.78 is 5.54. The normalized spacial score (nSPS) is 15.5. The molecule has 0 unspecified atom stereocenters. The van der Waals surface area contributed by atoms with Crippen LogP contribution in [0.3, 0.4) is 0 Å². The molecule has 5 heteroatoms. The van der Waals surface area contributed by atoms with Gasteiger partial charge in [0.05, 0.1) is 25.7 Å². The molecule has 2 aromatic rings. The first-order valence-corrected chi connectivity index (χ1v) is 10.0. The zero-order chi connectivity index (χ0) is 19.1. The van der Waals surface area contributed by atoms with Crippen LogP contribution in [0, 0.1) is 0 Å². The highest BCUT2D eigenvalue weighted by atomic mass is 35.5.